The predicted octanol–water partition coefficient (Wildman–Crippen LogP) is 3.96. The Balaban J connectivity index is 1.41. The van der Waals surface area contributed by atoms with Gasteiger partial charge in [-0.1, -0.05) is 24.3 Å². The van der Waals surface area contributed by atoms with Gasteiger partial charge in [0.05, 0.1) is 18.0 Å². The van der Waals surface area contributed by atoms with E-state index in [0.717, 1.165) is 5.56 Å². The van der Waals surface area contributed by atoms with Gasteiger partial charge in [0.1, 0.15) is 16.9 Å². The summed E-state index contributed by atoms with van der Waals surface area (Å²) in [7, 11) is 0. The zero-order valence-electron chi connectivity index (χ0n) is 18.5. The van der Waals surface area contributed by atoms with Gasteiger partial charge in [-0.25, -0.2) is 4.79 Å². The van der Waals surface area contributed by atoms with Crippen LogP contribution in [-0.4, -0.2) is 18.4 Å². The van der Waals surface area contributed by atoms with Crippen LogP contribution >= 0.6 is 0 Å². The molecule has 0 bridgehead atoms. The fourth-order valence-corrected chi connectivity index (χ4v) is 3.36. The molecular weight excluding hydrogens is 434 g/mol. The normalized spacial score (nSPS) is 10.6. The summed E-state index contributed by atoms with van der Waals surface area (Å²) >= 11 is 0. The SMILES string of the molecule is CCOc1ccc2cc(C(=O)NCc3ccc(C(=O)Nc4ccccc4N)cc3)c(=O)oc2c1. The van der Waals surface area contributed by atoms with E-state index in [1.807, 2.05) is 6.92 Å². The van der Waals surface area contributed by atoms with Crippen LogP contribution in [-0.2, 0) is 6.54 Å². The number of hydrogen-bond donors (Lipinski definition) is 3. The summed E-state index contributed by atoms with van der Waals surface area (Å²) in [5.74, 6) is -0.264. The van der Waals surface area contributed by atoms with Crippen molar-refractivity contribution in [2.45, 2.75) is 13.5 Å². The first kappa shape index (κ1) is 22.6. The molecule has 3 aromatic carbocycles. The maximum absolute atomic E-state index is 12.6. The number of ether oxygens (including phenoxy) is 1. The third-order valence-electron chi connectivity index (χ3n) is 5.14. The van der Waals surface area contributed by atoms with Gasteiger partial charge in [-0.3, -0.25) is 9.59 Å². The zero-order valence-corrected chi connectivity index (χ0v) is 18.5. The quantitative estimate of drug-likeness (QED) is 0.285. The monoisotopic (exact) mass is 457 g/mol. The first-order valence-electron chi connectivity index (χ1n) is 10.7. The molecule has 0 unspecified atom stereocenters. The van der Waals surface area contributed by atoms with Crippen molar-refractivity contribution in [3.63, 3.8) is 0 Å². The van der Waals surface area contributed by atoms with Crippen LogP contribution in [0.5, 0.6) is 5.75 Å². The van der Waals surface area contributed by atoms with Gasteiger partial charge < -0.3 is 25.5 Å². The van der Waals surface area contributed by atoms with E-state index >= 15 is 0 Å². The highest BCUT2D eigenvalue weighted by Crippen LogP contribution is 2.21. The third-order valence-corrected chi connectivity index (χ3v) is 5.14. The van der Waals surface area contributed by atoms with Gasteiger partial charge >= 0.3 is 5.63 Å². The van der Waals surface area contributed by atoms with E-state index in [1.165, 1.54) is 6.07 Å². The van der Waals surface area contributed by atoms with Crippen molar-refractivity contribution in [2.24, 2.45) is 0 Å². The molecule has 0 atom stereocenters. The van der Waals surface area contributed by atoms with Crippen molar-refractivity contribution < 1.29 is 18.7 Å². The van der Waals surface area contributed by atoms with Crippen LogP contribution in [0.1, 0.15) is 33.2 Å². The molecule has 4 N–H and O–H groups in total. The third kappa shape index (κ3) is 5.07. The summed E-state index contributed by atoms with van der Waals surface area (Å²) in [4.78, 5) is 37.4. The summed E-state index contributed by atoms with van der Waals surface area (Å²) in [6.45, 7) is 2.52. The van der Waals surface area contributed by atoms with Crippen LogP contribution in [0.3, 0.4) is 0 Å². The van der Waals surface area contributed by atoms with Crippen molar-refractivity contribution in [3.8, 4) is 5.75 Å². The topological polar surface area (TPSA) is 124 Å². The number of para-hydroxylation sites is 2. The number of carbonyl (C=O) groups is 2. The number of rotatable bonds is 7. The highest BCUT2D eigenvalue weighted by Gasteiger charge is 2.14. The molecule has 2 amide bonds. The minimum absolute atomic E-state index is 0.0897. The Morgan fingerprint density at radius 3 is 2.47 bits per heavy atom. The molecule has 0 saturated heterocycles. The van der Waals surface area contributed by atoms with Crippen LogP contribution in [0.4, 0.5) is 11.4 Å². The molecule has 4 rings (SSSR count). The maximum Gasteiger partial charge on any atom is 0.349 e. The molecule has 0 spiro atoms. The highest BCUT2D eigenvalue weighted by molar-refractivity contribution is 6.05. The molecule has 1 aromatic heterocycles. The van der Waals surface area contributed by atoms with Crippen LogP contribution < -0.4 is 26.7 Å². The van der Waals surface area contributed by atoms with Gasteiger partial charge in [0.15, 0.2) is 0 Å². The minimum atomic E-state index is -0.731. The van der Waals surface area contributed by atoms with Gasteiger partial charge in [-0.2, -0.15) is 0 Å². The van der Waals surface area contributed by atoms with Crippen molar-refractivity contribution in [2.75, 3.05) is 17.7 Å². The van der Waals surface area contributed by atoms with Gasteiger partial charge in [0.25, 0.3) is 11.8 Å². The predicted molar refractivity (Wildman–Crippen MR) is 130 cm³/mol. The van der Waals surface area contributed by atoms with Crippen LogP contribution in [0.15, 0.2) is 82.0 Å². The largest absolute Gasteiger partial charge is 0.494 e. The lowest BCUT2D eigenvalue weighted by molar-refractivity contribution is 0.0946. The molecule has 0 radical (unpaired) electrons. The number of anilines is 2. The lowest BCUT2D eigenvalue weighted by atomic mass is 10.1. The number of nitrogens with one attached hydrogen (secondary N) is 2. The maximum atomic E-state index is 12.6. The van der Waals surface area contributed by atoms with Crippen molar-refractivity contribution in [1.29, 1.82) is 0 Å². The highest BCUT2D eigenvalue weighted by atomic mass is 16.5. The summed E-state index contributed by atoms with van der Waals surface area (Å²) < 4.78 is 10.7. The van der Waals surface area contributed by atoms with E-state index in [1.54, 1.807) is 66.7 Å². The summed E-state index contributed by atoms with van der Waals surface area (Å²) in [6.07, 6.45) is 0. The first-order valence-corrected chi connectivity index (χ1v) is 10.7. The van der Waals surface area contributed by atoms with Gasteiger partial charge in [-0.05, 0) is 55.0 Å². The zero-order chi connectivity index (χ0) is 24.1. The number of benzene rings is 3. The Kier molecular flexibility index (Phi) is 6.59. The average Bonchev–Trinajstić information content (AvgIpc) is 2.84. The van der Waals surface area contributed by atoms with Crippen LogP contribution in [0.25, 0.3) is 11.0 Å². The summed E-state index contributed by atoms with van der Waals surface area (Å²) in [5.41, 5.74) is 7.60. The standard InChI is InChI=1S/C26H23N3O5/c1-2-33-19-12-11-18-13-20(26(32)34-23(18)14-19)25(31)28-15-16-7-9-17(10-8-16)24(30)29-22-6-4-3-5-21(22)27/h3-14H,2,15,27H2,1H3,(H,28,31)(H,29,30). The second-order valence-corrected chi connectivity index (χ2v) is 7.50. The molecule has 0 aliphatic rings. The van der Waals surface area contributed by atoms with Gasteiger partial charge in [0, 0.05) is 23.6 Å². The molecule has 8 heteroatoms. The average molecular weight is 457 g/mol. The summed E-state index contributed by atoms with van der Waals surface area (Å²) in [6, 6.07) is 20.3. The second-order valence-electron chi connectivity index (χ2n) is 7.50. The van der Waals surface area contributed by atoms with Crippen molar-refractivity contribution in [3.05, 3.63) is 99.9 Å². The number of nitrogen functional groups attached to an aromatic ring is 1. The Hall–Kier alpha value is -4.59. The van der Waals surface area contributed by atoms with Crippen molar-refractivity contribution >= 4 is 34.2 Å². The number of amides is 2. The molecule has 0 aliphatic heterocycles. The number of fused-ring (bicyclic) bond motifs is 1. The van der Waals surface area contributed by atoms with Gasteiger partial charge in [0.2, 0.25) is 0 Å². The van der Waals surface area contributed by atoms with E-state index in [2.05, 4.69) is 10.6 Å². The second kappa shape index (κ2) is 9.91. The molecule has 34 heavy (non-hydrogen) atoms. The Bertz CT molecular complexity index is 1410. The molecule has 0 aliphatic carbocycles. The molecule has 8 nitrogen and oxygen atoms in total. The summed E-state index contributed by atoms with van der Waals surface area (Å²) in [5, 5.41) is 6.08. The van der Waals surface area contributed by atoms with Crippen LogP contribution in [0, 0.1) is 0 Å². The van der Waals surface area contributed by atoms with E-state index in [-0.39, 0.29) is 18.0 Å². The molecule has 172 valence electrons. The van der Waals surface area contributed by atoms with Crippen LogP contribution in [0.2, 0.25) is 0 Å². The number of carbonyl (C=O) groups excluding carboxylic acids is 2. The van der Waals surface area contributed by atoms with Crippen molar-refractivity contribution in [1.82, 2.24) is 5.32 Å². The lowest BCUT2D eigenvalue weighted by Gasteiger charge is -2.09. The van der Waals surface area contributed by atoms with E-state index in [4.69, 9.17) is 14.9 Å². The fourth-order valence-electron chi connectivity index (χ4n) is 3.36. The molecular formula is C26H23N3O5. The number of nitrogens with two attached hydrogens (primary N) is 1. The van der Waals surface area contributed by atoms with Gasteiger partial charge in [-0.15, -0.1) is 0 Å². The smallest absolute Gasteiger partial charge is 0.349 e. The Labute approximate surface area is 195 Å². The molecule has 1 heterocycles. The first-order chi connectivity index (χ1) is 16.4. The fraction of sp³-hybridized carbons (Fsp3) is 0.115. The minimum Gasteiger partial charge on any atom is -0.494 e. The molecule has 0 saturated carbocycles. The molecule has 0 fully saturated rings. The molecule has 4 aromatic rings. The lowest BCUT2D eigenvalue weighted by Crippen LogP contribution is -2.27. The van der Waals surface area contributed by atoms with E-state index in [9.17, 15) is 14.4 Å². The number of hydrogen-bond acceptors (Lipinski definition) is 6. The van der Waals surface area contributed by atoms with E-state index < -0.39 is 11.5 Å². The Morgan fingerprint density at radius 2 is 1.74 bits per heavy atom. The van der Waals surface area contributed by atoms with E-state index in [0.29, 0.717) is 40.3 Å². The Morgan fingerprint density at radius 1 is 0.971 bits per heavy atom.